The summed E-state index contributed by atoms with van der Waals surface area (Å²) >= 11 is 9.41. The average molecular weight is 358 g/mol. The average Bonchev–Trinajstić information content (AvgIpc) is 2.87. The summed E-state index contributed by atoms with van der Waals surface area (Å²) in [6.07, 6.45) is -0.231. The maximum absolute atomic E-state index is 13.4. The van der Waals surface area contributed by atoms with E-state index in [0.29, 0.717) is 33.0 Å². The molecule has 2 nitrogen and oxygen atoms in total. The van der Waals surface area contributed by atoms with E-state index < -0.39 is 11.9 Å². The molecule has 0 amide bonds. The molecule has 0 saturated carbocycles. The molecule has 1 aliphatic heterocycles. The Morgan fingerprint density at radius 1 is 1.25 bits per heavy atom. The van der Waals surface area contributed by atoms with Gasteiger partial charge in [0.15, 0.2) is 0 Å². The first-order valence-corrected chi connectivity index (χ1v) is 7.31. The molecule has 5 heteroatoms. The lowest BCUT2D eigenvalue weighted by Gasteiger charge is -2.17. The minimum atomic E-state index is -0.995. The second-order valence-corrected chi connectivity index (χ2v) is 5.94. The van der Waals surface area contributed by atoms with Crippen molar-refractivity contribution in [2.24, 2.45) is 0 Å². The lowest BCUT2D eigenvalue weighted by molar-refractivity contribution is 0.212. The highest BCUT2D eigenvalue weighted by Gasteiger charge is 2.24. The first-order valence-electron chi connectivity index (χ1n) is 6.14. The van der Waals surface area contributed by atoms with Gasteiger partial charge in [0.05, 0.1) is 6.61 Å². The molecule has 0 bridgehead atoms. The summed E-state index contributed by atoms with van der Waals surface area (Å²) in [5.74, 6) is 0.250. The zero-order chi connectivity index (χ0) is 14.3. The van der Waals surface area contributed by atoms with E-state index >= 15 is 0 Å². The minimum absolute atomic E-state index is 0.401. The fraction of sp³-hybridized carbons (Fsp3) is 0.200. The SMILES string of the molecule is OC(c1cc(F)ccc1Br)c1cc(Cl)cc2c1OCC2. The van der Waals surface area contributed by atoms with Gasteiger partial charge in [0.25, 0.3) is 0 Å². The quantitative estimate of drug-likeness (QED) is 0.870. The molecule has 1 unspecified atom stereocenters. The lowest BCUT2D eigenvalue weighted by atomic mass is 9.98. The molecule has 1 N–H and O–H groups in total. The van der Waals surface area contributed by atoms with E-state index in [0.717, 1.165) is 12.0 Å². The van der Waals surface area contributed by atoms with Crippen LogP contribution in [0.5, 0.6) is 5.75 Å². The van der Waals surface area contributed by atoms with Crippen molar-refractivity contribution in [3.05, 3.63) is 62.3 Å². The third kappa shape index (κ3) is 2.43. The van der Waals surface area contributed by atoms with Crippen LogP contribution in [-0.4, -0.2) is 11.7 Å². The number of aliphatic hydroxyl groups is 1. The van der Waals surface area contributed by atoms with Gasteiger partial charge in [0.2, 0.25) is 0 Å². The summed E-state index contributed by atoms with van der Waals surface area (Å²) < 4.78 is 19.6. The number of halogens is 3. The molecule has 2 aromatic carbocycles. The van der Waals surface area contributed by atoms with E-state index in [1.807, 2.05) is 6.07 Å². The third-order valence-electron chi connectivity index (χ3n) is 3.32. The largest absolute Gasteiger partial charge is 0.493 e. The van der Waals surface area contributed by atoms with Gasteiger partial charge in [0, 0.05) is 27.0 Å². The standard InChI is InChI=1S/C15H11BrClFO2/c16-13-2-1-10(18)7-11(13)14(19)12-6-9(17)5-8-3-4-20-15(8)12/h1-2,5-7,14,19H,3-4H2. The van der Waals surface area contributed by atoms with E-state index in [9.17, 15) is 9.50 Å². The first kappa shape index (κ1) is 13.9. The molecular weight excluding hydrogens is 347 g/mol. The van der Waals surface area contributed by atoms with Crippen LogP contribution in [0.4, 0.5) is 4.39 Å². The molecule has 0 aromatic heterocycles. The van der Waals surface area contributed by atoms with Crippen LogP contribution in [0.25, 0.3) is 0 Å². The topological polar surface area (TPSA) is 29.5 Å². The van der Waals surface area contributed by atoms with Gasteiger partial charge in [-0.05, 0) is 35.9 Å². The molecule has 3 rings (SSSR count). The number of ether oxygens (including phenoxy) is 1. The van der Waals surface area contributed by atoms with Crippen molar-refractivity contribution in [1.29, 1.82) is 0 Å². The number of hydrogen-bond donors (Lipinski definition) is 1. The maximum atomic E-state index is 13.4. The summed E-state index contributed by atoms with van der Waals surface area (Å²) in [4.78, 5) is 0. The molecule has 2 aromatic rings. The molecule has 0 radical (unpaired) electrons. The Labute approximate surface area is 129 Å². The Hall–Kier alpha value is -1.10. The molecule has 0 spiro atoms. The summed E-state index contributed by atoms with van der Waals surface area (Å²) in [5, 5.41) is 11.1. The predicted molar refractivity (Wildman–Crippen MR) is 78.8 cm³/mol. The van der Waals surface area contributed by atoms with Crippen molar-refractivity contribution < 1.29 is 14.2 Å². The first-order chi connectivity index (χ1) is 9.56. The summed E-state index contributed by atoms with van der Waals surface area (Å²) in [5.41, 5.74) is 1.99. The minimum Gasteiger partial charge on any atom is -0.493 e. The number of aliphatic hydroxyl groups excluding tert-OH is 1. The third-order valence-corrected chi connectivity index (χ3v) is 4.26. The van der Waals surface area contributed by atoms with Crippen molar-refractivity contribution in [2.45, 2.75) is 12.5 Å². The Kier molecular flexibility index (Phi) is 3.71. The molecule has 0 fully saturated rings. The molecule has 0 saturated heterocycles. The monoisotopic (exact) mass is 356 g/mol. The van der Waals surface area contributed by atoms with Gasteiger partial charge in [0.1, 0.15) is 17.7 Å². The second kappa shape index (κ2) is 5.35. The van der Waals surface area contributed by atoms with Gasteiger partial charge in [-0.3, -0.25) is 0 Å². The van der Waals surface area contributed by atoms with E-state index in [4.69, 9.17) is 16.3 Å². The van der Waals surface area contributed by atoms with Crippen LogP contribution in [-0.2, 0) is 6.42 Å². The predicted octanol–water partition coefficient (Wildman–Crippen LogP) is 4.26. The van der Waals surface area contributed by atoms with Crippen LogP contribution in [0, 0.1) is 5.82 Å². The maximum Gasteiger partial charge on any atom is 0.128 e. The number of hydrogen-bond acceptors (Lipinski definition) is 2. The van der Waals surface area contributed by atoms with Crippen molar-refractivity contribution in [1.82, 2.24) is 0 Å². The van der Waals surface area contributed by atoms with Gasteiger partial charge >= 0.3 is 0 Å². The van der Waals surface area contributed by atoms with Crippen LogP contribution >= 0.6 is 27.5 Å². The van der Waals surface area contributed by atoms with E-state index in [1.54, 1.807) is 12.1 Å². The number of fused-ring (bicyclic) bond motifs is 1. The Balaban J connectivity index is 2.11. The molecule has 104 valence electrons. The van der Waals surface area contributed by atoms with Crippen LogP contribution in [0.2, 0.25) is 5.02 Å². The Bertz CT molecular complexity index is 675. The van der Waals surface area contributed by atoms with Crippen molar-refractivity contribution in [3.8, 4) is 5.75 Å². The fourth-order valence-corrected chi connectivity index (χ4v) is 3.11. The zero-order valence-corrected chi connectivity index (χ0v) is 12.7. The smallest absolute Gasteiger partial charge is 0.128 e. The molecule has 1 aliphatic rings. The highest BCUT2D eigenvalue weighted by molar-refractivity contribution is 9.10. The molecule has 20 heavy (non-hydrogen) atoms. The Morgan fingerprint density at radius 3 is 2.85 bits per heavy atom. The summed E-state index contributed by atoms with van der Waals surface area (Å²) in [6.45, 7) is 0.569. The van der Waals surface area contributed by atoms with Gasteiger partial charge in [-0.2, -0.15) is 0 Å². The highest BCUT2D eigenvalue weighted by atomic mass is 79.9. The highest BCUT2D eigenvalue weighted by Crippen LogP contribution is 2.40. The Morgan fingerprint density at radius 2 is 2.05 bits per heavy atom. The normalized spacial score (nSPS) is 14.8. The van der Waals surface area contributed by atoms with Gasteiger partial charge in [-0.25, -0.2) is 4.39 Å². The van der Waals surface area contributed by atoms with Gasteiger partial charge in [-0.1, -0.05) is 27.5 Å². The molecule has 0 aliphatic carbocycles. The summed E-state index contributed by atoms with van der Waals surface area (Å²) in [7, 11) is 0. The van der Waals surface area contributed by atoms with E-state index in [2.05, 4.69) is 15.9 Å². The summed E-state index contributed by atoms with van der Waals surface area (Å²) in [6, 6.07) is 7.70. The van der Waals surface area contributed by atoms with Crippen molar-refractivity contribution in [3.63, 3.8) is 0 Å². The van der Waals surface area contributed by atoms with Gasteiger partial charge < -0.3 is 9.84 Å². The fourth-order valence-electron chi connectivity index (χ4n) is 2.39. The van der Waals surface area contributed by atoms with Crippen LogP contribution in [0.3, 0.4) is 0 Å². The van der Waals surface area contributed by atoms with Crippen LogP contribution in [0.1, 0.15) is 22.8 Å². The van der Waals surface area contributed by atoms with Crippen LogP contribution in [0.15, 0.2) is 34.8 Å². The van der Waals surface area contributed by atoms with E-state index in [1.165, 1.54) is 12.1 Å². The second-order valence-electron chi connectivity index (χ2n) is 4.65. The lowest BCUT2D eigenvalue weighted by Crippen LogP contribution is -2.04. The molecule has 1 heterocycles. The number of benzene rings is 2. The van der Waals surface area contributed by atoms with Gasteiger partial charge in [-0.15, -0.1) is 0 Å². The van der Waals surface area contributed by atoms with Crippen molar-refractivity contribution >= 4 is 27.5 Å². The molecular formula is C15H11BrClFO2. The number of rotatable bonds is 2. The zero-order valence-electron chi connectivity index (χ0n) is 10.4. The molecule has 1 atom stereocenters. The van der Waals surface area contributed by atoms with Crippen molar-refractivity contribution in [2.75, 3.05) is 6.61 Å². The van der Waals surface area contributed by atoms with Crippen LogP contribution < -0.4 is 4.74 Å². The van der Waals surface area contributed by atoms with E-state index in [-0.39, 0.29) is 0 Å².